The number of hydrogen-bond donors (Lipinski definition) is 1. The Balaban J connectivity index is 1.54. The number of ether oxygens (including phenoxy) is 1. The molecule has 0 aliphatic rings. The number of hydrogen-bond acceptors (Lipinski definition) is 5. The van der Waals surface area contributed by atoms with Crippen molar-refractivity contribution in [1.82, 2.24) is 20.3 Å². The Bertz CT molecular complexity index is 939. The molecule has 2 aromatic carbocycles. The molecule has 1 heterocycles. The number of halogens is 1. The minimum absolute atomic E-state index is 0.0465. The zero-order valence-electron chi connectivity index (χ0n) is 14.6. The van der Waals surface area contributed by atoms with Crippen LogP contribution in [0, 0.1) is 12.7 Å². The van der Waals surface area contributed by atoms with Crippen molar-refractivity contribution in [3.63, 3.8) is 0 Å². The first kappa shape index (κ1) is 18.2. The number of carbonyl (C=O) groups excluding carboxylic acids is 2. The Kier molecular flexibility index (Phi) is 5.55. The monoisotopic (exact) mass is 368 g/mol. The Morgan fingerprint density at radius 2 is 1.78 bits per heavy atom. The van der Waals surface area contributed by atoms with Crippen molar-refractivity contribution in [2.24, 2.45) is 0 Å². The van der Waals surface area contributed by atoms with Gasteiger partial charge in [0.25, 0.3) is 5.91 Å². The van der Waals surface area contributed by atoms with E-state index in [2.05, 4.69) is 15.5 Å². The zero-order valence-corrected chi connectivity index (χ0v) is 14.6. The second-order valence-corrected chi connectivity index (χ2v) is 5.74. The molecule has 3 rings (SSSR count). The average molecular weight is 368 g/mol. The van der Waals surface area contributed by atoms with Gasteiger partial charge in [0.15, 0.2) is 12.3 Å². The van der Waals surface area contributed by atoms with E-state index >= 15 is 0 Å². The molecule has 3 aromatic rings. The highest BCUT2D eigenvalue weighted by Crippen LogP contribution is 2.09. The molecular weight excluding hydrogens is 351 g/mol. The van der Waals surface area contributed by atoms with Gasteiger partial charge in [-0.25, -0.2) is 9.18 Å². The molecule has 0 aliphatic carbocycles. The predicted octanol–water partition coefficient (Wildman–Crippen LogP) is 2.19. The number of nitrogens with one attached hydrogen (secondary N) is 1. The molecule has 0 spiro atoms. The smallest absolute Gasteiger partial charge is 0.361 e. The molecular formula is C19H17FN4O3. The number of nitrogens with zero attached hydrogens (tertiary/aromatic N) is 3. The summed E-state index contributed by atoms with van der Waals surface area (Å²) in [5.41, 5.74) is 1.88. The number of esters is 1. The summed E-state index contributed by atoms with van der Waals surface area (Å²) < 4.78 is 17.8. The molecule has 1 amide bonds. The van der Waals surface area contributed by atoms with Crippen molar-refractivity contribution < 1.29 is 18.7 Å². The van der Waals surface area contributed by atoms with Crippen LogP contribution in [-0.2, 0) is 16.1 Å². The van der Waals surface area contributed by atoms with Crippen LogP contribution in [0.1, 0.15) is 21.7 Å². The number of rotatable bonds is 6. The van der Waals surface area contributed by atoms with Crippen molar-refractivity contribution in [3.8, 4) is 5.69 Å². The third kappa shape index (κ3) is 4.75. The molecule has 0 saturated carbocycles. The predicted molar refractivity (Wildman–Crippen MR) is 94.6 cm³/mol. The summed E-state index contributed by atoms with van der Waals surface area (Å²) in [6.45, 7) is 1.40. The Labute approximate surface area is 154 Å². The van der Waals surface area contributed by atoms with Crippen LogP contribution in [0.2, 0.25) is 0 Å². The molecule has 0 aliphatic heterocycles. The van der Waals surface area contributed by atoms with Gasteiger partial charge in [0, 0.05) is 6.54 Å². The lowest BCUT2D eigenvalue weighted by molar-refractivity contribution is -0.124. The molecule has 0 atom stereocenters. The quantitative estimate of drug-likeness (QED) is 0.674. The van der Waals surface area contributed by atoms with Crippen LogP contribution in [0.15, 0.2) is 54.6 Å². The highest BCUT2D eigenvalue weighted by Gasteiger charge is 2.19. The number of aromatic nitrogens is 3. The van der Waals surface area contributed by atoms with E-state index in [0.717, 1.165) is 5.56 Å². The Morgan fingerprint density at radius 3 is 2.48 bits per heavy atom. The summed E-state index contributed by atoms with van der Waals surface area (Å²) in [5.74, 6) is -1.55. The van der Waals surface area contributed by atoms with Crippen molar-refractivity contribution in [2.45, 2.75) is 13.5 Å². The SMILES string of the molecule is Cc1nn(-c2ccccc2)nc1C(=O)OCC(=O)NCc1ccc(F)cc1. The molecule has 1 N–H and O–H groups in total. The highest BCUT2D eigenvalue weighted by molar-refractivity contribution is 5.90. The third-order valence-electron chi connectivity index (χ3n) is 3.70. The zero-order chi connectivity index (χ0) is 19.2. The first-order valence-corrected chi connectivity index (χ1v) is 8.20. The van der Waals surface area contributed by atoms with Crippen LogP contribution >= 0.6 is 0 Å². The van der Waals surface area contributed by atoms with E-state index in [-0.39, 0.29) is 18.1 Å². The van der Waals surface area contributed by atoms with Gasteiger partial charge in [-0.15, -0.1) is 5.10 Å². The molecule has 0 fully saturated rings. The molecule has 0 saturated heterocycles. The van der Waals surface area contributed by atoms with Gasteiger partial charge in [-0.05, 0) is 36.8 Å². The molecule has 7 nitrogen and oxygen atoms in total. The largest absolute Gasteiger partial charge is 0.451 e. The number of benzene rings is 2. The fourth-order valence-corrected chi connectivity index (χ4v) is 2.30. The fraction of sp³-hybridized carbons (Fsp3) is 0.158. The van der Waals surface area contributed by atoms with Crippen molar-refractivity contribution in [3.05, 3.63) is 77.4 Å². The van der Waals surface area contributed by atoms with Gasteiger partial charge in [0.2, 0.25) is 0 Å². The van der Waals surface area contributed by atoms with Crippen molar-refractivity contribution >= 4 is 11.9 Å². The lowest BCUT2D eigenvalue weighted by Crippen LogP contribution is -2.28. The Hall–Kier alpha value is -3.55. The van der Waals surface area contributed by atoms with Crippen molar-refractivity contribution in [2.75, 3.05) is 6.61 Å². The Morgan fingerprint density at radius 1 is 1.07 bits per heavy atom. The minimum atomic E-state index is -0.730. The normalized spacial score (nSPS) is 10.4. The summed E-state index contributed by atoms with van der Waals surface area (Å²) in [4.78, 5) is 25.3. The van der Waals surface area contributed by atoms with E-state index in [1.807, 2.05) is 18.2 Å². The summed E-state index contributed by atoms with van der Waals surface area (Å²) in [5, 5.41) is 10.9. The van der Waals surface area contributed by atoms with Crippen LogP contribution in [-0.4, -0.2) is 33.5 Å². The van der Waals surface area contributed by atoms with E-state index in [9.17, 15) is 14.0 Å². The molecule has 27 heavy (non-hydrogen) atoms. The van der Waals surface area contributed by atoms with Gasteiger partial charge < -0.3 is 10.1 Å². The molecule has 0 unspecified atom stereocenters. The van der Waals surface area contributed by atoms with Gasteiger partial charge >= 0.3 is 5.97 Å². The highest BCUT2D eigenvalue weighted by atomic mass is 19.1. The number of para-hydroxylation sites is 1. The molecule has 0 bridgehead atoms. The summed E-state index contributed by atoms with van der Waals surface area (Å²) in [7, 11) is 0. The molecule has 138 valence electrons. The lowest BCUT2D eigenvalue weighted by atomic mass is 10.2. The van der Waals surface area contributed by atoms with E-state index in [4.69, 9.17) is 4.74 Å². The first-order chi connectivity index (χ1) is 13.0. The average Bonchev–Trinajstić information content (AvgIpc) is 3.08. The maximum Gasteiger partial charge on any atom is 0.361 e. The number of amides is 1. The lowest BCUT2D eigenvalue weighted by Gasteiger charge is -2.06. The molecule has 0 radical (unpaired) electrons. The van der Waals surface area contributed by atoms with Crippen LogP contribution in [0.5, 0.6) is 0 Å². The van der Waals surface area contributed by atoms with Crippen LogP contribution in [0.4, 0.5) is 4.39 Å². The number of aryl methyl sites for hydroxylation is 1. The van der Waals surface area contributed by atoms with E-state index < -0.39 is 18.5 Å². The molecule has 8 heteroatoms. The van der Waals surface area contributed by atoms with Crippen LogP contribution < -0.4 is 5.32 Å². The standard InChI is InChI=1S/C19H17FN4O3/c1-13-18(23-24(22-13)16-5-3-2-4-6-16)19(26)27-12-17(25)21-11-14-7-9-15(20)10-8-14/h2-10H,11-12H2,1H3,(H,21,25). The maximum absolute atomic E-state index is 12.8. The van der Waals surface area contributed by atoms with Gasteiger partial charge in [-0.2, -0.15) is 9.90 Å². The van der Waals surface area contributed by atoms with Gasteiger partial charge in [0.05, 0.1) is 11.4 Å². The molecule has 1 aromatic heterocycles. The van der Waals surface area contributed by atoms with Crippen LogP contribution in [0.25, 0.3) is 5.69 Å². The van der Waals surface area contributed by atoms with Crippen molar-refractivity contribution in [1.29, 1.82) is 0 Å². The second kappa shape index (κ2) is 8.22. The summed E-state index contributed by atoms with van der Waals surface area (Å²) in [6, 6.07) is 14.9. The van der Waals surface area contributed by atoms with E-state index in [1.165, 1.54) is 16.9 Å². The second-order valence-electron chi connectivity index (χ2n) is 5.74. The topological polar surface area (TPSA) is 86.1 Å². The van der Waals surface area contributed by atoms with Gasteiger partial charge in [0.1, 0.15) is 5.82 Å². The maximum atomic E-state index is 12.8. The van der Waals surface area contributed by atoms with Crippen LogP contribution in [0.3, 0.4) is 0 Å². The minimum Gasteiger partial charge on any atom is -0.451 e. The summed E-state index contributed by atoms with van der Waals surface area (Å²) in [6.07, 6.45) is 0. The fourth-order valence-electron chi connectivity index (χ4n) is 2.30. The third-order valence-corrected chi connectivity index (χ3v) is 3.70. The van der Waals surface area contributed by atoms with E-state index in [1.54, 1.807) is 31.2 Å². The summed E-state index contributed by atoms with van der Waals surface area (Å²) >= 11 is 0. The number of carbonyl (C=O) groups is 2. The van der Waals surface area contributed by atoms with Gasteiger partial charge in [-0.1, -0.05) is 30.3 Å². The van der Waals surface area contributed by atoms with Gasteiger partial charge in [-0.3, -0.25) is 4.79 Å². The van der Waals surface area contributed by atoms with E-state index in [0.29, 0.717) is 11.4 Å². The first-order valence-electron chi connectivity index (χ1n) is 8.20.